The summed E-state index contributed by atoms with van der Waals surface area (Å²) in [5, 5.41) is 0.318. The van der Waals surface area contributed by atoms with E-state index in [2.05, 4.69) is 4.98 Å². The normalized spacial score (nSPS) is 10.6. The number of hydrogen-bond acceptors (Lipinski definition) is 4. The maximum atomic E-state index is 13.7. The van der Waals surface area contributed by atoms with Crippen LogP contribution in [0.25, 0.3) is 10.9 Å². The highest BCUT2D eigenvalue weighted by atomic mass is 19.1. The van der Waals surface area contributed by atoms with Crippen molar-refractivity contribution in [2.75, 3.05) is 11.9 Å². The number of amides is 1. The van der Waals surface area contributed by atoms with Crippen LogP contribution in [0.15, 0.2) is 57.7 Å². The van der Waals surface area contributed by atoms with Gasteiger partial charge in [0.1, 0.15) is 5.82 Å². The van der Waals surface area contributed by atoms with E-state index < -0.39 is 17.3 Å². The van der Waals surface area contributed by atoms with Crippen molar-refractivity contribution in [1.29, 1.82) is 0 Å². The van der Waals surface area contributed by atoms with E-state index in [1.54, 1.807) is 30.3 Å². The monoisotopic (exact) mass is 298 g/mol. The van der Waals surface area contributed by atoms with Crippen LogP contribution >= 0.6 is 0 Å². The summed E-state index contributed by atoms with van der Waals surface area (Å²) < 4.78 is 18.7. The maximum Gasteiger partial charge on any atom is 0.348 e. The molecule has 0 N–H and O–H groups in total. The van der Waals surface area contributed by atoms with E-state index in [4.69, 9.17) is 4.42 Å². The van der Waals surface area contributed by atoms with E-state index in [-0.39, 0.29) is 11.6 Å². The van der Waals surface area contributed by atoms with Crippen LogP contribution in [0.1, 0.15) is 10.4 Å². The predicted octanol–water partition coefficient (Wildman–Crippen LogP) is 2.60. The van der Waals surface area contributed by atoms with Gasteiger partial charge in [-0.3, -0.25) is 9.69 Å². The molecular weight excluding hydrogens is 287 g/mol. The topological polar surface area (TPSA) is 63.4 Å². The molecule has 0 radical (unpaired) electrons. The molecule has 0 saturated carbocycles. The van der Waals surface area contributed by atoms with Crippen molar-refractivity contribution < 1.29 is 13.6 Å². The highest BCUT2D eigenvalue weighted by molar-refractivity contribution is 6.04. The van der Waals surface area contributed by atoms with Gasteiger partial charge in [-0.25, -0.2) is 9.18 Å². The molecule has 0 bridgehead atoms. The fraction of sp³-hybridized carbons (Fsp3) is 0.0625. The number of carbonyl (C=O) groups is 1. The second-order valence-electron chi connectivity index (χ2n) is 4.65. The third-order valence-electron chi connectivity index (χ3n) is 3.22. The molecule has 0 atom stereocenters. The Hall–Kier alpha value is -3.02. The maximum absolute atomic E-state index is 13.7. The number of fused-ring (bicyclic) bond motifs is 1. The van der Waals surface area contributed by atoms with E-state index >= 15 is 0 Å². The van der Waals surface area contributed by atoms with Crippen molar-refractivity contribution in [2.24, 2.45) is 0 Å². The number of para-hydroxylation sites is 1. The third-order valence-corrected chi connectivity index (χ3v) is 3.22. The van der Waals surface area contributed by atoms with E-state index in [0.717, 1.165) is 4.90 Å². The van der Waals surface area contributed by atoms with Gasteiger partial charge in [-0.1, -0.05) is 24.3 Å². The van der Waals surface area contributed by atoms with E-state index in [1.807, 2.05) is 0 Å². The molecule has 0 spiro atoms. The molecule has 1 aromatic heterocycles. The zero-order chi connectivity index (χ0) is 15.7. The van der Waals surface area contributed by atoms with Crippen LogP contribution in [0, 0.1) is 5.82 Å². The number of benzene rings is 2. The first-order chi connectivity index (χ1) is 10.6. The van der Waals surface area contributed by atoms with Crippen molar-refractivity contribution in [1.82, 2.24) is 4.98 Å². The number of nitrogens with zero attached hydrogens (tertiary/aromatic N) is 2. The molecule has 3 aromatic rings. The standard InChI is InChI=1S/C16H11FN2O3/c1-19(14(20)10-6-2-4-8-12(10)17)16-18-13-9-5-3-7-11(13)15(21)22-16/h2-9H,1H3. The molecule has 6 heteroatoms. The Labute approximate surface area is 124 Å². The van der Waals surface area contributed by atoms with Gasteiger partial charge in [0.25, 0.3) is 5.91 Å². The van der Waals surface area contributed by atoms with Gasteiger partial charge in [-0.15, -0.1) is 0 Å². The fourth-order valence-electron chi connectivity index (χ4n) is 2.05. The molecule has 22 heavy (non-hydrogen) atoms. The van der Waals surface area contributed by atoms with Gasteiger partial charge in [0.15, 0.2) is 0 Å². The van der Waals surface area contributed by atoms with Crippen molar-refractivity contribution in [3.8, 4) is 0 Å². The van der Waals surface area contributed by atoms with Crippen molar-refractivity contribution >= 4 is 22.8 Å². The first kappa shape index (κ1) is 13.9. The average molecular weight is 298 g/mol. The molecule has 0 aliphatic carbocycles. The SMILES string of the molecule is CN(C(=O)c1ccccc1F)c1nc2ccccc2c(=O)o1. The minimum atomic E-state index is -0.650. The Balaban J connectivity index is 2.06. The largest absolute Gasteiger partial charge is 0.388 e. The van der Waals surface area contributed by atoms with E-state index in [1.165, 1.54) is 25.2 Å². The van der Waals surface area contributed by atoms with E-state index in [9.17, 15) is 14.0 Å². The van der Waals surface area contributed by atoms with Crippen LogP contribution in [-0.2, 0) is 0 Å². The number of carbonyl (C=O) groups excluding carboxylic acids is 1. The lowest BCUT2D eigenvalue weighted by molar-refractivity contribution is 0.0983. The average Bonchev–Trinajstić information content (AvgIpc) is 2.54. The molecule has 110 valence electrons. The van der Waals surface area contributed by atoms with Gasteiger partial charge in [-0.05, 0) is 24.3 Å². The highest BCUT2D eigenvalue weighted by Gasteiger charge is 2.20. The predicted molar refractivity (Wildman–Crippen MR) is 79.4 cm³/mol. The Bertz CT molecular complexity index is 920. The zero-order valence-electron chi connectivity index (χ0n) is 11.6. The van der Waals surface area contributed by atoms with Crippen LogP contribution < -0.4 is 10.5 Å². The number of halogens is 1. The molecule has 3 rings (SSSR count). The van der Waals surface area contributed by atoms with Gasteiger partial charge in [-0.2, -0.15) is 4.98 Å². The Kier molecular flexibility index (Phi) is 3.42. The smallest absolute Gasteiger partial charge is 0.348 e. The summed E-state index contributed by atoms with van der Waals surface area (Å²) in [5.41, 5.74) is -0.321. The van der Waals surface area contributed by atoms with Crippen LogP contribution in [0.4, 0.5) is 10.4 Å². The summed E-state index contributed by atoms with van der Waals surface area (Å²) >= 11 is 0. The van der Waals surface area contributed by atoms with Crippen molar-refractivity contribution in [2.45, 2.75) is 0 Å². The van der Waals surface area contributed by atoms with Gasteiger partial charge in [0.05, 0.1) is 16.5 Å². The number of aromatic nitrogens is 1. The second-order valence-corrected chi connectivity index (χ2v) is 4.65. The second kappa shape index (κ2) is 5.40. The lowest BCUT2D eigenvalue weighted by Gasteiger charge is -2.14. The van der Waals surface area contributed by atoms with E-state index in [0.29, 0.717) is 10.9 Å². The third kappa shape index (κ3) is 2.35. The van der Waals surface area contributed by atoms with Gasteiger partial charge < -0.3 is 4.42 Å². The number of rotatable bonds is 2. The lowest BCUT2D eigenvalue weighted by Crippen LogP contribution is -2.28. The first-order valence-electron chi connectivity index (χ1n) is 6.50. The molecule has 0 fully saturated rings. The van der Waals surface area contributed by atoms with Crippen molar-refractivity contribution in [3.63, 3.8) is 0 Å². The fourth-order valence-corrected chi connectivity index (χ4v) is 2.05. The molecule has 0 aliphatic rings. The number of hydrogen-bond donors (Lipinski definition) is 0. The summed E-state index contributed by atoms with van der Waals surface area (Å²) in [6.45, 7) is 0. The van der Waals surface area contributed by atoms with Crippen LogP contribution in [0.5, 0.6) is 0 Å². The highest BCUT2D eigenvalue weighted by Crippen LogP contribution is 2.16. The van der Waals surface area contributed by atoms with Gasteiger partial charge >= 0.3 is 11.6 Å². The molecule has 0 unspecified atom stereocenters. The summed E-state index contributed by atoms with van der Waals surface area (Å²) in [6, 6.07) is 12.0. The minimum absolute atomic E-state index is 0.123. The first-order valence-corrected chi connectivity index (χ1v) is 6.50. The molecule has 5 nitrogen and oxygen atoms in total. The Morgan fingerprint density at radius 1 is 1.14 bits per heavy atom. The quantitative estimate of drug-likeness (QED) is 0.729. The Morgan fingerprint density at radius 2 is 1.82 bits per heavy atom. The van der Waals surface area contributed by atoms with Crippen LogP contribution in [0.2, 0.25) is 0 Å². The molecular formula is C16H11FN2O3. The Morgan fingerprint density at radius 3 is 2.59 bits per heavy atom. The molecule has 0 aliphatic heterocycles. The summed E-state index contributed by atoms with van der Waals surface area (Å²) in [7, 11) is 1.37. The van der Waals surface area contributed by atoms with Crippen molar-refractivity contribution in [3.05, 3.63) is 70.3 Å². The summed E-state index contributed by atoms with van der Waals surface area (Å²) in [5.74, 6) is -1.30. The molecule has 0 saturated heterocycles. The van der Waals surface area contributed by atoms with Gasteiger partial charge in [0.2, 0.25) is 0 Å². The zero-order valence-corrected chi connectivity index (χ0v) is 11.6. The molecule has 1 amide bonds. The lowest BCUT2D eigenvalue weighted by atomic mass is 10.2. The molecule has 2 aromatic carbocycles. The molecule has 1 heterocycles. The van der Waals surface area contributed by atoms with Gasteiger partial charge in [0, 0.05) is 7.05 Å². The number of anilines is 1. The van der Waals surface area contributed by atoms with Crippen LogP contribution in [-0.4, -0.2) is 17.9 Å². The summed E-state index contributed by atoms with van der Waals surface area (Å²) in [6.07, 6.45) is 0. The van der Waals surface area contributed by atoms with Crippen LogP contribution in [0.3, 0.4) is 0 Å². The minimum Gasteiger partial charge on any atom is -0.388 e. The summed E-state index contributed by atoms with van der Waals surface area (Å²) in [4.78, 5) is 29.3.